The predicted octanol–water partition coefficient (Wildman–Crippen LogP) is 2.88. The Morgan fingerprint density at radius 1 is 1.07 bits per heavy atom. The summed E-state index contributed by atoms with van der Waals surface area (Å²) in [6, 6.07) is 5.81. The van der Waals surface area contributed by atoms with Crippen LogP contribution in [0.3, 0.4) is 0 Å². The van der Waals surface area contributed by atoms with Crippen LogP contribution in [0.5, 0.6) is 0 Å². The fraction of sp³-hybridized carbons (Fsp3) is 0.333. The van der Waals surface area contributed by atoms with Crippen LogP contribution in [0.4, 0.5) is 10.7 Å². The number of aryl methyl sites for hydroxylation is 1. The fourth-order valence-corrected chi connectivity index (χ4v) is 5.78. The maximum atomic E-state index is 12.7. The molecule has 0 fully saturated rings. The number of primary amides is 1. The topological polar surface area (TPSA) is 118 Å². The first kappa shape index (κ1) is 19.4. The number of carbonyl (C=O) groups excluding carboxylic acids is 2. The third kappa shape index (κ3) is 4.30. The van der Waals surface area contributed by atoms with Crippen molar-refractivity contribution in [1.82, 2.24) is 0 Å². The summed E-state index contributed by atoms with van der Waals surface area (Å²) in [5.41, 5.74) is 7.22. The third-order valence-corrected chi connectivity index (χ3v) is 7.08. The van der Waals surface area contributed by atoms with E-state index in [0.29, 0.717) is 5.69 Å². The van der Waals surface area contributed by atoms with Gasteiger partial charge in [0.05, 0.1) is 10.5 Å². The van der Waals surface area contributed by atoms with Gasteiger partial charge in [0.25, 0.3) is 15.9 Å². The Balaban J connectivity index is 1.92. The van der Waals surface area contributed by atoms with Crippen molar-refractivity contribution < 1.29 is 18.0 Å². The van der Waals surface area contributed by atoms with Gasteiger partial charge in [-0.3, -0.25) is 14.3 Å². The van der Waals surface area contributed by atoms with Crippen molar-refractivity contribution in [2.75, 3.05) is 10.0 Å². The molecule has 0 unspecified atom stereocenters. The molecule has 27 heavy (non-hydrogen) atoms. The molecular formula is C18H21N3O4S2. The SMILES string of the molecule is CC(=O)Nc1ccc(S(=O)(=O)Nc2sc3c(c2C(N)=O)CCCCC3)cc1. The highest BCUT2D eigenvalue weighted by molar-refractivity contribution is 7.93. The third-order valence-electron chi connectivity index (χ3n) is 4.38. The molecule has 4 N–H and O–H groups in total. The van der Waals surface area contributed by atoms with Crippen LogP contribution >= 0.6 is 11.3 Å². The number of nitrogens with two attached hydrogens (primary N) is 1. The molecule has 0 spiro atoms. The highest BCUT2D eigenvalue weighted by Gasteiger charge is 2.26. The first-order valence-corrected chi connectivity index (χ1v) is 10.9. The molecule has 1 heterocycles. The Morgan fingerprint density at radius 2 is 1.74 bits per heavy atom. The molecule has 0 atom stereocenters. The summed E-state index contributed by atoms with van der Waals surface area (Å²) in [4.78, 5) is 24.1. The minimum atomic E-state index is -3.88. The van der Waals surface area contributed by atoms with E-state index in [4.69, 9.17) is 5.73 Å². The average Bonchev–Trinajstić information content (AvgIpc) is 2.75. The van der Waals surface area contributed by atoms with Gasteiger partial charge in [0.15, 0.2) is 0 Å². The summed E-state index contributed by atoms with van der Waals surface area (Å²) >= 11 is 1.29. The fourth-order valence-electron chi connectivity index (χ4n) is 3.18. The number of thiophene rings is 1. The molecule has 144 valence electrons. The van der Waals surface area contributed by atoms with Crippen LogP contribution in [-0.4, -0.2) is 20.2 Å². The van der Waals surface area contributed by atoms with Gasteiger partial charge >= 0.3 is 0 Å². The monoisotopic (exact) mass is 407 g/mol. The van der Waals surface area contributed by atoms with E-state index in [9.17, 15) is 18.0 Å². The zero-order valence-electron chi connectivity index (χ0n) is 14.9. The summed E-state index contributed by atoms with van der Waals surface area (Å²) in [5.74, 6) is -0.858. The summed E-state index contributed by atoms with van der Waals surface area (Å²) in [5, 5.41) is 2.86. The van der Waals surface area contributed by atoms with Gasteiger partial charge in [0, 0.05) is 17.5 Å². The lowest BCUT2D eigenvalue weighted by atomic mass is 10.1. The number of nitrogens with one attached hydrogen (secondary N) is 2. The van der Waals surface area contributed by atoms with Crippen molar-refractivity contribution >= 4 is 43.9 Å². The lowest BCUT2D eigenvalue weighted by Crippen LogP contribution is -2.18. The van der Waals surface area contributed by atoms with Crippen LogP contribution in [0.2, 0.25) is 0 Å². The number of hydrogen-bond acceptors (Lipinski definition) is 5. The van der Waals surface area contributed by atoms with Crippen LogP contribution in [-0.2, 0) is 27.7 Å². The van der Waals surface area contributed by atoms with Gasteiger partial charge < -0.3 is 11.1 Å². The molecule has 0 bridgehead atoms. The van der Waals surface area contributed by atoms with E-state index in [-0.39, 0.29) is 21.4 Å². The first-order valence-electron chi connectivity index (χ1n) is 8.63. The van der Waals surface area contributed by atoms with Crippen LogP contribution in [0.25, 0.3) is 0 Å². The second-order valence-corrected chi connectivity index (χ2v) is 9.23. The summed E-state index contributed by atoms with van der Waals surface area (Å²) in [7, 11) is -3.88. The van der Waals surface area contributed by atoms with Crippen molar-refractivity contribution in [2.24, 2.45) is 5.73 Å². The van der Waals surface area contributed by atoms with Gasteiger partial charge in [0.1, 0.15) is 5.00 Å². The van der Waals surface area contributed by atoms with Gasteiger partial charge in [-0.05, 0) is 55.5 Å². The number of benzene rings is 1. The van der Waals surface area contributed by atoms with E-state index >= 15 is 0 Å². The summed E-state index contributed by atoms with van der Waals surface area (Å²) in [6.45, 7) is 1.37. The van der Waals surface area contributed by atoms with Gasteiger partial charge in [-0.25, -0.2) is 8.42 Å². The van der Waals surface area contributed by atoms with E-state index < -0.39 is 15.9 Å². The van der Waals surface area contributed by atoms with Crippen molar-refractivity contribution in [3.05, 3.63) is 40.3 Å². The van der Waals surface area contributed by atoms with Gasteiger partial charge in [-0.15, -0.1) is 11.3 Å². The quantitative estimate of drug-likeness (QED) is 0.660. The molecule has 0 saturated carbocycles. The Morgan fingerprint density at radius 3 is 2.37 bits per heavy atom. The summed E-state index contributed by atoms with van der Waals surface area (Å²) in [6.07, 6.45) is 4.62. The second-order valence-electron chi connectivity index (χ2n) is 6.44. The predicted molar refractivity (Wildman–Crippen MR) is 106 cm³/mol. The first-order chi connectivity index (χ1) is 12.8. The largest absolute Gasteiger partial charge is 0.365 e. The number of anilines is 2. The number of carbonyl (C=O) groups is 2. The van der Waals surface area contributed by atoms with Crippen molar-refractivity contribution in [3.63, 3.8) is 0 Å². The molecule has 2 aromatic rings. The molecule has 9 heteroatoms. The maximum Gasteiger partial charge on any atom is 0.262 e. The minimum Gasteiger partial charge on any atom is -0.365 e. The van der Waals surface area contributed by atoms with Gasteiger partial charge in [0.2, 0.25) is 5.91 Å². The van der Waals surface area contributed by atoms with Crippen molar-refractivity contribution in [3.8, 4) is 0 Å². The van der Waals surface area contributed by atoms with E-state index in [0.717, 1.165) is 42.5 Å². The standard InChI is InChI=1S/C18H21N3O4S2/c1-11(22)20-12-7-9-13(10-8-12)27(24,25)21-18-16(17(19)23)14-5-3-2-4-6-15(14)26-18/h7-10,21H,2-6H2,1H3,(H2,19,23)(H,20,22). The number of amides is 2. The molecule has 1 aromatic heterocycles. The average molecular weight is 408 g/mol. The zero-order valence-corrected chi connectivity index (χ0v) is 16.5. The Bertz CT molecular complexity index is 979. The van der Waals surface area contributed by atoms with Crippen LogP contribution < -0.4 is 15.8 Å². The molecular weight excluding hydrogens is 386 g/mol. The molecule has 2 amide bonds. The Kier molecular flexibility index (Phi) is 5.52. The number of sulfonamides is 1. The highest BCUT2D eigenvalue weighted by atomic mass is 32.2. The summed E-state index contributed by atoms with van der Waals surface area (Å²) < 4.78 is 28.0. The smallest absolute Gasteiger partial charge is 0.262 e. The Hall–Kier alpha value is -2.39. The van der Waals surface area contributed by atoms with E-state index in [1.165, 1.54) is 42.5 Å². The van der Waals surface area contributed by atoms with Crippen LogP contribution in [0.15, 0.2) is 29.2 Å². The van der Waals surface area contributed by atoms with Gasteiger partial charge in [-0.1, -0.05) is 6.42 Å². The zero-order chi connectivity index (χ0) is 19.6. The second kappa shape index (κ2) is 7.69. The van der Waals surface area contributed by atoms with Crippen LogP contribution in [0, 0.1) is 0 Å². The number of rotatable bonds is 5. The molecule has 1 aliphatic rings. The lowest BCUT2D eigenvalue weighted by Gasteiger charge is -2.09. The molecule has 0 radical (unpaired) electrons. The number of fused-ring (bicyclic) bond motifs is 1. The molecule has 0 saturated heterocycles. The van der Waals surface area contributed by atoms with Crippen molar-refractivity contribution in [2.45, 2.75) is 43.9 Å². The number of hydrogen-bond donors (Lipinski definition) is 3. The van der Waals surface area contributed by atoms with Crippen LogP contribution in [0.1, 0.15) is 47.0 Å². The van der Waals surface area contributed by atoms with E-state index in [1.54, 1.807) is 0 Å². The highest BCUT2D eigenvalue weighted by Crippen LogP contribution is 2.38. The maximum absolute atomic E-state index is 12.7. The molecule has 1 aliphatic carbocycles. The molecule has 0 aliphatic heterocycles. The lowest BCUT2D eigenvalue weighted by molar-refractivity contribution is -0.114. The molecule has 7 nitrogen and oxygen atoms in total. The Labute approximate surface area is 162 Å². The minimum absolute atomic E-state index is 0.0376. The molecule has 1 aromatic carbocycles. The van der Waals surface area contributed by atoms with Crippen molar-refractivity contribution in [1.29, 1.82) is 0 Å². The van der Waals surface area contributed by atoms with E-state index in [2.05, 4.69) is 10.0 Å². The normalized spacial score (nSPS) is 14.1. The van der Waals surface area contributed by atoms with Gasteiger partial charge in [-0.2, -0.15) is 0 Å². The molecule has 3 rings (SSSR count). The van der Waals surface area contributed by atoms with E-state index in [1.807, 2.05) is 0 Å².